The van der Waals surface area contributed by atoms with Crippen LogP contribution >= 0.6 is 0 Å². The van der Waals surface area contributed by atoms with E-state index in [9.17, 15) is 14.4 Å². The molecule has 2 atom stereocenters. The standard InChI is InChI=1S/C6H14N4O2.C5H8N2O2/c7-4(5(11)12)2-1-3-10-6(8)9;6-5(9)3-1-2-4(8)7-3/h4H,1-3,7H2,(H,11,12)(H4,8,9,10);3H,1-2H2,(H2,6,9)(H,7,8)/t;3-/m.0/s1. The van der Waals surface area contributed by atoms with Crippen molar-refractivity contribution in [3.63, 3.8) is 0 Å². The molecule has 0 radical (unpaired) electrons. The fourth-order valence-electron chi connectivity index (χ4n) is 1.47. The smallest absolute Gasteiger partial charge is 0.320 e. The number of amides is 2. The lowest BCUT2D eigenvalue weighted by Gasteiger charge is -2.03. The van der Waals surface area contributed by atoms with Crippen LogP contribution in [0.5, 0.6) is 0 Å². The van der Waals surface area contributed by atoms with Crippen molar-refractivity contribution < 1.29 is 19.5 Å². The number of hydrogen-bond donors (Lipinski definition) is 6. The lowest BCUT2D eigenvalue weighted by Crippen LogP contribution is -2.37. The number of carbonyl (C=O) groups is 3. The lowest BCUT2D eigenvalue weighted by molar-refractivity contribution is -0.138. The first-order valence-corrected chi connectivity index (χ1v) is 6.36. The van der Waals surface area contributed by atoms with Gasteiger partial charge < -0.3 is 33.4 Å². The van der Waals surface area contributed by atoms with Gasteiger partial charge in [-0.2, -0.15) is 0 Å². The van der Waals surface area contributed by atoms with Gasteiger partial charge in [-0.05, 0) is 19.3 Å². The molecular weight excluding hydrogens is 280 g/mol. The van der Waals surface area contributed by atoms with Crippen molar-refractivity contribution in [2.75, 3.05) is 6.54 Å². The van der Waals surface area contributed by atoms with Crippen molar-refractivity contribution in [3.05, 3.63) is 0 Å². The molecule has 0 spiro atoms. The summed E-state index contributed by atoms with van der Waals surface area (Å²) >= 11 is 0. The van der Waals surface area contributed by atoms with E-state index < -0.39 is 24.0 Å². The van der Waals surface area contributed by atoms with Gasteiger partial charge in [0.15, 0.2) is 5.96 Å². The minimum atomic E-state index is -1.00. The zero-order valence-corrected chi connectivity index (χ0v) is 11.6. The van der Waals surface area contributed by atoms with Crippen LogP contribution in [0, 0.1) is 0 Å². The number of aliphatic imine (C=N–C) groups is 1. The molecule has 0 aromatic heterocycles. The van der Waals surface area contributed by atoms with E-state index in [1.165, 1.54) is 0 Å². The Morgan fingerprint density at radius 3 is 2.33 bits per heavy atom. The highest BCUT2D eigenvalue weighted by molar-refractivity contribution is 5.89. The Bertz CT molecular complexity index is 408. The second-order valence-electron chi connectivity index (χ2n) is 4.45. The Morgan fingerprint density at radius 1 is 1.38 bits per heavy atom. The Kier molecular flexibility index (Phi) is 8.46. The van der Waals surface area contributed by atoms with E-state index in [2.05, 4.69) is 10.3 Å². The second kappa shape index (κ2) is 9.53. The summed E-state index contributed by atoms with van der Waals surface area (Å²) in [4.78, 5) is 34.7. The number of primary amides is 1. The van der Waals surface area contributed by atoms with E-state index in [0.717, 1.165) is 0 Å². The highest BCUT2D eigenvalue weighted by Crippen LogP contribution is 2.04. The van der Waals surface area contributed by atoms with Gasteiger partial charge in [0.25, 0.3) is 0 Å². The zero-order chi connectivity index (χ0) is 16.4. The molecule has 2 amide bonds. The van der Waals surface area contributed by atoms with Gasteiger partial charge in [0.1, 0.15) is 12.1 Å². The van der Waals surface area contributed by atoms with Gasteiger partial charge in [-0.15, -0.1) is 0 Å². The number of nitrogens with one attached hydrogen (secondary N) is 1. The van der Waals surface area contributed by atoms with E-state index in [1.807, 2.05) is 0 Å². The largest absolute Gasteiger partial charge is 0.480 e. The minimum Gasteiger partial charge on any atom is -0.480 e. The zero-order valence-electron chi connectivity index (χ0n) is 11.6. The summed E-state index contributed by atoms with van der Waals surface area (Å²) < 4.78 is 0. The molecule has 21 heavy (non-hydrogen) atoms. The van der Waals surface area contributed by atoms with Crippen molar-refractivity contribution in [1.29, 1.82) is 0 Å². The number of carbonyl (C=O) groups excluding carboxylic acids is 2. The molecular formula is C11H22N6O4. The summed E-state index contributed by atoms with van der Waals surface area (Å²) in [5.74, 6) is -1.52. The van der Waals surface area contributed by atoms with Crippen LogP contribution in [0.3, 0.4) is 0 Å². The number of rotatable bonds is 6. The monoisotopic (exact) mass is 302 g/mol. The number of nitrogens with two attached hydrogens (primary N) is 4. The van der Waals surface area contributed by atoms with E-state index in [0.29, 0.717) is 32.2 Å². The van der Waals surface area contributed by atoms with Crippen molar-refractivity contribution in [3.8, 4) is 0 Å². The maximum absolute atomic E-state index is 10.4. The van der Waals surface area contributed by atoms with Gasteiger partial charge in [-0.3, -0.25) is 19.4 Å². The average Bonchev–Trinajstić information content (AvgIpc) is 2.81. The summed E-state index contributed by atoms with van der Waals surface area (Å²) in [7, 11) is 0. The van der Waals surface area contributed by atoms with Crippen LogP contribution in [0.15, 0.2) is 4.99 Å². The van der Waals surface area contributed by atoms with E-state index >= 15 is 0 Å². The predicted molar refractivity (Wildman–Crippen MR) is 75.9 cm³/mol. The maximum atomic E-state index is 10.4. The van der Waals surface area contributed by atoms with E-state index in [1.54, 1.807) is 0 Å². The fourth-order valence-corrected chi connectivity index (χ4v) is 1.47. The fraction of sp³-hybridized carbons (Fsp3) is 0.636. The topological polar surface area (TPSA) is 200 Å². The molecule has 1 saturated heterocycles. The van der Waals surface area contributed by atoms with Crippen molar-refractivity contribution in [2.24, 2.45) is 27.9 Å². The van der Waals surface area contributed by atoms with Gasteiger partial charge in [-0.1, -0.05) is 0 Å². The number of aliphatic carboxylic acids is 1. The van der Waals surface area contributed by atoms with Gasteiger partial charge in [0.05, 0.1) is 0 Å². The Hall–Kier alpha value is -2.36. The molecule has 0 bridgehead atoms. The van der Waals surface area contributed by atoms with Crippen LogP contribution in [0.1, 0.15) is 25.7 Å². The number of carboxylic acid groups (broad SMARTS) is 1. The van der Waals surface area contributed by atoms with Crippen LogP contribution < -0.4 is 28.3 Å². The third-order valence-corrected chi connectivity index (χ3v) is 2.62. The molecule has 1 rings (SSSR count). The molecule has 1 unspecified atom stereocenters. The highest BCUT2D eigenvalue weighted by Gasteiger charge is 2.24. The molecule has 10 heteroatoms. The maximum Gasteiger partial charge on any atom is 0.320 e. The normalized spacial score (nSPS) is 18.0. The number of guanidine groups is 1. The SMILES string of the molecule is NC(=O)[C@@H]1CCC(=O)N1.NC(N)=NCCCC(N)C(=O)O. The first-order valence-electron chi connectivity index (χ1n) is 6.36. The summed E-state index contributed by atoms with van der Waals surface area (Å²) in [5, 5.41) is 10.8. The predicted octanol–water partition coefficient (Wildman–Crippen LogP) is -2.80. The van der Waals surface area contributed by atoms with Crippen LogP contribution in [0.4, 0.5) is 0 Å². The van der Waals surface area contributed by atoms with Gasteiger partial charge in [0, 0.05) is 13.0 Å². The van der Waals surface area contributed by atoms with E-state index in [4.69, 9.17) is 28.0 Å². The molecule has 1 heterocycles. The molecule has 1 aliphatic rings. The molecule has 10 nitrogen and oxygen atoms in total. The average molecular weight is 302 g/mol. The minimum absolute atomic E-state index is 0.0129. The highest BCUT2D eigenvalue weighted by atomic mass is 16.4. The second-order valence-corrected chi connectivity index (χ2v) is 4.45. The summed E-state index contributed by atoms with van der Waals surface area (Å²) in [6.45, 7) is 0.420. The third-order valence-electron chi connectivity index (χ3n) is 2.62. The first kappa shape index (κ1) is 18.6. The van der Waals surface area contributed by atoms with Crippen molar-refractivity contribution >= 4 is 23.7 Å². The van der Waals surface area contributed by atoms with Crippen molar-refractivity contribution in [2.45, 2.75) is 37.8 Å². The molecule has 0 aromatic carbocycles. The number of hydrogen-bond acceptors (Lipinski definition) is 5. The molecule has 120 valence electrons. The van der Waals surface area contributed by atoms with Crippen LogP contribution in [-0.2, 0) is 14.4 Å². The molecule has 0 saturated carbocycles. The quantitative estimate of drug-likeness (QED) is 0.173. The van der Waals surface area contributed by atoms with Gasteiger partial charge in [-0.25, -0.2) is 0 Å². The summed E-state index contributed by atoms with van der Waals surface area (Å²) in [6.07, 6.45) is 1.93. The Labute approximate surface area is 121 Å². The Balaban J connectivity index is 0.000000394. The first-order chi connectivity index (χ1) is 9.73. The molecule has 0 aromatic rings. The van der Waals surface area contributed by atoms with Crippen LogP contribution in [0.25, 0.3) is 0 Å². The number of nitrogens with zero attached hydrogens (tertiary/aromatic N) is 1. The van der Waals surface area contributed by atoms with E-state index in [-0.39, 0.29) is 11.9 Å². The summed E-state index contributed by atoms with van der Waals surface area (Å²) in [5.41, 5.74) is 20.2. The summed E-state index contributed by atoms with van der Waals surface area (Å²) in [6, 6.07) is -1.24. The Morgan fingerprint density at radius 2 is 2.00 bits per heavy atom. The van der Waals surface area contributed by atoms with Gasteiger partial charge in [0.2, 0.25) is 11.8 Å². The van der Waals surface area contributed by atoms with Crippen molar-refractivity contribution in [1.82, 2.24) is 5.32 Å². The molecule has 10 N–H and O–H groups in total. The van der Waals surface area contributed by atoms with Crippen LogP contribution in [-0.4, -0.2) is 47.5 Å². The van der Waals surface area contributed by atoms with Gasteiger partial charge >= 0.3 is 5.97 Å². The molecule has 1 fully saturated rings. The lowest BCUT2D eigenvalue weighted by atomic mass is 10.2. The molecule has 1 aliphatic heterocycles. The number of carboxylic acids is 1. The molecule has 0 aliphatic carbocycles. The third kappa shape index (κ3) is 9.21. The van der Waals surface area contributed by atoms with Crippen LogP contribution in [0.2, 0.25) is 0 Å².